The fourth-order valence-corrected chi connectivity index (χ4v) is 3.01. The molecule has 4 aromatic heterocycles. The van der Waals surface area contributed by atoms with Crippen molar-refractivity contribution < 1.29 is 4.74 Å². The maximum Gasteiger partial charge on any atom is 0.164 e. The SMILES string of the molecule is CCOC(C)Cn1nc(-c2cnc3[nH]ccc3c2)c2c(N)ncnc21. The molecule has 0 saturated carbocycles. The van der Waals surface area contributed by atoms with Crippen LogP contribution in [0.4, 0.5) is 5.82 Å². The largest absolute Gasteiger partial charge is 0.383 e. The first-order chi connectivity index (χ1) is 12.2. The Kier molecular flexibility index (Phi) is 3.81. The Hall–Kier alpha value is -3.00. The third-order valence-corrected chi connectivity index (χ3v) is 4.11. The lowest BCUT2D eigenvalue weighted by Gasteiger charge is -2.11. The quantitative estimate of drug-likeness (QED) is 0.579. The van der Waals surface area contributed by atoms with E-state index in [4.69, 9.17) is 15.6 Å². The van der Waals surface area contributed by atoms with Gasteiger partial charge in [0.2, 0.25) is 0 Å². The number of H-pyrrole nitrogens is 1. The Labute approximate surface area is 144 Å². The summed E-state index contributed by atoms with van der Waals surface area (Å²) >= 11 is 0. The van der Waals surface area contributed by atoms with E-state index >= 15 is 0 Å². The molecule has 0 aliphatic heterocycles. The third kappa shape index (κ3) is 2.70. The van der Waals surface area contributed by atoms with E-state index in [1.807, 2.05) is 36.9 Å². The molecule has 4 rings (SSSR count). The highest BCUT2D eigenvalue weighted by molar-refractivity contribution is 5.99. The lowest BCUT2D eigenvalue weighted by molar-refractivity contribution is 0.0623. The van der Waals surface area contributed by atoms with E-state index in [2.05, 4.69) is 19.9 Å². The van der Waals surface area contributed by atoms with Crippen molar-refractivity contribution in [3.8, 4) is 11.3 Å². The number of anilines is 1. The van der Waals surface area contributed by atoms with Gasteiger partial charge in [-0.05, 0) is 26.0 Å². The molecule has 8 nitrogen and oxygen atoms in total. The molecule has 0 aliphatic rings. The minimum absolute atomic E-state index is 0.0161. The number of pyridine rings is 1. The van der Waals surface area contributed by atoms with Gasteiger partial charge in [0.05, 0.1) is 18.0 Å². The smallest absolute Gasteiger partial charge is 0.164 e. The first kappa shape index (κ1) is 15.5. The van der Waals surface area contributed by atoms with Crippen LogP contribution in [0.5, 0.6) is 0 Å². The number of fused-ring (bicyclic) bond motifs is 2. The lowest BCUT2D eigenvalue weighted by atomic mass is 10.1. The van der Waals surface area contributed by atoms with Crippen LogP contribution in [0.2, 0.25) is 0 Å². The number of aromatic amines is 1. The van der Waals surface area contributed by atoms with Crippen LogP contribution in [0.15, 0.2) is 30.9 Å². The second-order valence-corrected chi connectivity index (χ2v) is 5.89. The standard InChI is InChI=1S/C17H19N7O/c1-3-25-10(2)8-24-17-13(15(18)21-9-22-17)14(23-24)12-6-11-4-5-19-16(11)20-7-12/h4-7,9-10H,3,8H2,1-2H3,(H,19,20)(H2,18,21,22). The second kappa shape index (κ2) is 6.14. The molecular formula is C17H19N7O. The Morgan fingerprint density at radius 1 is 1.32 bits per heavy atom. The number of rotatable bonds is 5. The molecule has 8 heteroatoms. The number of nitrogen functional groups attached to an aromatic ring is 1. The fraction of sp³-hybridized carbons (Fsp3) is 0.294. The van der Waals surface area contributed by atoms with Crippen molar-refractivity contribution >= 4 is 27.9 Å². The van der Waals surface area contributed by atoms with Crippen LogP contribution in [-0.4, -0.2) is 42.4 Å². The molecule has 0 radical (unpaired) electrons. The molecule has 3 N–H and O–H groups in total. The van der Waals surface area contributed by atoms with Crippen molar-refractivity contribution in [2.45, 2.75) is 26.5 Å². The zero-order valence-electron chi connectivity index (χ0n) is 14.1. The number of nitrogens with two attached hydrogens (primary N) is 1. The Balaban J connectivity index is 1.87. The summed E-state index contributed by atoms with van der Waals surface area (Å²) in [5.41, 5.74) is 9.27. The van der Waals surface area contributed by atoms with Crippen molar-refractivity contribution in [1.29, 1.82) is 0 Å². The number of ether oxygens (including phenoxy) is 1. The van der Waals surface area contributed by atoms with Gasteiger partial charge in [0, 0.05) is 30.0 Å². The van der Waals surface area contributed by atoms with Gasteiger partial charge in [0.15, 0.2) is 5.65 Å². The normalized spacial score (nSPS) is 12.9. The summed E-state index contributed by atoms with van der Waals surface area (Å²) in [5.74, 6) is 0.407. The number of nitrogens with one attached hydrogen (secondary N) is 1. The molecule has 0 saturated heterocycles. The zero-order valence-corrected chi connectivity index (χ0v) is 14.1. The summed E-state index contributed by atoms with van der Waals surface area (Å²) in [6, 6.07) is 4.01. The van der Waals surface area contributed by atoms with Crippen LogP contribution in [0, 0.1) is 0 Å². The predicted octanol–water partition coefficient (Wildman–Crippen LogP) is 2.38. The Bertz CT molecular complexity index is 1040. The first-order valence-corrected chi connectivity index (χ1v) is 8.19. The molecule has 1 unspecified atom stereocenters. The van der Waals surface area contributed by atoms with E-state index in [0.717, 1.165) is 27.7 Å². The molecule has 25 heavy (non-hydrogen) atoms. The summed E-state index contributed by atoms with van der Waals surface area (Å²) < 4.78 is 7.46. The highest BCUT2D eigenvalue weighted by Crippen LogP contribution is 2.31. The van der Waals surface area contributed by atoms with Crippen molar-refractivity contribution in [3.05, 3.63) is 30.9 Å². The maximum atomic E-state index is 6.13. The average molecular weight is 337 g/mol. The zero-order chi connectivity index (χ0) is 17.4. The number of aromatic nitrogens is 6. The number of hydrogen-bond donors (Lipinski definition) is 2. The van der Waals surface area contributed by atoms with Crippen LogP contribution in [0.1, 0.15) is 13.8 Å². The number of nitrogens with zero attached hydrogens (tertiary/aromatic N) is 5. The first-order valence-electron chi connectivity index (χ1n) is 8.19. The van der Waals surface area contributed by atoms with Crippen molar-refractivity contribution in [2.24, 2.45) is 0 Å². The summed E-state index contributed by atoms with van der Waals surface area (Å²) in [6.07, 6.45) is 5.11. The molecule has 0 fully saturated rings. The molecule has 0 aromatic carbocycles. The predicted molar refractivity (Wildman–Crippen MR) is 95.9 cm³/mol. The highest BCUT2D eigenvalue weighted by atomic mass is 16.5. The highest BCUT2D eigenvalue weighted by Gasteiger charge is 2.19. The molecular weight excluding hydrogens is 318 g/mol. The maximum absolute atomic E-state index is 6.13. The average Bonchev–Trinajstić information content (AvgIpc) is 3.20. The molecule has 0 bridgehead atoms. The van der Waals surface area contributed by atoms with Crippen molar-refractivity contribution in [1.82, 2.24) is 29.7 Å². The molecule has 4 heterocycles. The van der Waals surface area contributed by atoms with Gasteiger partial charge in [-0.2, -0.15) is 5.10 Å². The Morgan fingerprint density at radius 2 is 2.20 bits per heavy atom. The van der Waals surface area contributed by atoms with Crippen LogP contribution in [-0.2, 0) is 11.3 Å². The van der Waals surface area contributed by atoms with Crippen LogP contribution in [0.3, 0.4) is 0 Å². The van der Waals surface area contributed by atoms with E-state index in [0.29, 0.717) is 24.6 Å². The molecule has 4 aromatic rings. The minimum Gasteiger partial charge on any atom is -0.383 e. The van der Waals surface area contributed by atoms with E-state index in [9.17, 15) is 0 Å². The molecule has 1 atom stereocenters. The topological polar surface area (TPSA) is 108 Å². The van der Waals surface area contributed by atoms with E-state index in [1.165, 1.54) is 6.33 Å². The van der Waals surface area contributed by atoms with Crippen LogP contribution >= 0.6 is 0 Å². The van der Waals surface area contributed by atoms with Gasteiger partial charge in [-0.15, -0.1) is 0 Å². The van der Waals surface area contributed by atoms with Gasteiger partial charge in [0.1, 0.15) is 23.5 Å². The summed E-state index contributed by atoms with van der Waals surface area (Å²) in [5, 5.41) is 6.49. The third-order valence-electron chi connectivity index (χ3n) is 4.11. The molecule has 128 valence electrons. The van der Waals surface area contributed by atoms with Gasteiger partial charge in [-0.1, -0.05) is 0 Å². The van der Waals surface area contributed by atoms with Gasteiger partial charge >= 0.3 is 0 Å². The van der Waals surface area contributed by atoms with Crippen molar-refractivity contribution in [3.63, 3.8) is 0 Å². The Morgan fingerprint density at radius 3 is 3.04 bits per heavy atom. The summed E-state index contributed by atoms with van der Waals surface area (Å²) in [6.45, 7) is 5.22. The van der Waals surface area contributed by atoms with E-state index in [-0.39, 0.29) is 6.10 Å². The lowest BCUT2D eigenvalue weighted by Crippen LogP contribution is -2.17. The van der Waals surface area contributed by atoms with Gasteiger partial charge in [-0.3, -0.25) is 0 Å². The number of hydrogen-bond acceptors (Lipinski definition) is 6. The molecule has 0 amide bonds. The fourth-order valence-electron chi connectivity index (χ4n) is 3.01. The van der Waals surface area contributed by atoms with Gasteiger partial charge < -0.3 is 15.5 Å². The minimum atomic E-state index is 0.0161. The monoisotopic (exact) mass is 337 g/mol. The van der Waals surface area contributed by atoms with Crippen molar-refractivity contribution in [2.75, 3.05) is 12.3 Å². The van der Waals surface area contributed by atoms with Gasteiger partial charge in [-0.25, -0.2) is 19.6 Å². The summed E-state index contributed by atoms with van der Waals surface area (Å²) in [4.78, 5) is 16.0. The second-order valence-electron chi connectivity index (χ2n) is 5.89. The van der Waals surface area contributed by atoms with E-state index in [1.54, 1.807) is 6.20 Å². The summed E-state index contributed by atoms with van der Waals surface area (Å²) in [7, 11) is 0. The molecule has 0 aliphatic carbocycles. The van der Waals surface area contributed by atoms with Gasteiger partial charge in [0.25, 0.3) is 0 Å². The van der Waals surface area contributed by atoms with Crippen LogP contribution < -0.4 is 5.73 Å². The van der Waals surface area contributed by atoms with E-state index < -0.39 is 0 Å². The molecule has 0 spiro atoms. The van der Waals surface area contributed by atoms with Crippen LogP contribution in [0.25, 0.3) is 33.3 Å².